The van der Waals surface area contributed by atoms with E-state index in [-0.39, 0.29) is 25.8 Å². The van der Waals surface area contributed by atoms with Crippen molar-refractivity contribution < 1.29 is 37.3 Å². The number of carbonyl (C=O) groups excluding carboxylic acids is 1. The fourth-order valence-corrected chi connectivity index (χ4v) is 7.49. The highest BCUT2D eigenvalue weighted by molar-refractivity contribution is 7.45. The van der Waals surface area contributed by atoms with Crippen LogP contribution in [-0.2, 0) is 27.9 Å². The maximum atomic E-state index is 12.7. The number of allylic oxidation sites excluding steroid dienone is 14. The number of quaternary nitrogens is 1. The standard InChI is InChI=1S/C55H98NO7P/c1-6-8-10-12-14-16-18-20-22-24-26-27-28-29-30-31-33-35-37-39-41-43-45-47-50-60-52-54(53-62-64(58,59)61-51-49-56(3,4)5)63-55(57)48-46-44-42-40-38-36-34-32-25-23-21-19-17-15-13-11-9-7-2/h8,10,14,16,20,22,26-27,29-30,33,35,39,41,54H,6-7,9,11-13,15,17-19,21,23-25,28,31-32,34,36-38,40,42-53H2,1-5H3/b10-8-,16-14-,22-20-,27-26-,30-29-,35-33-,41-39-. The Kier molecular flexibility index (Phi) is 45.5. The summed E-state index contributed by atoms with van der Waals surface area (Å²) >= 11 is 0. The van der Waals surface area contributed by atoms with Gasteiger partial charge in [-0.05, 0) is 70.6 Å². The second-order valence-electron chi connectivity index (χ2n) is 18.2. The second kappa shape index (κ2) is 47.2. The highest BCUT2D eigenvalue weighted by Gasteiger charge is 2.20. The van der Waals surface area contributed by atoms with Crippen molar-refractivity contribution in [1.82, 2.24) is 0 Å². The summed E-state index contributed by atoms with van der Waals surface area (Å²) < 4.78 is 34.7. The number of rotatable bonds is 47. The fraction of sp³-hybridized carbons (Fsp3) is 0.727. The molecule has 9 heteroatoms. The van der Waals surface area contributed by atoms with Gasteiger partial charge < -0.3 is 27.9 Å². The molecule has 0 bridgehead atoms. The van der Waals surface area contributed by atoms with Crippen molar-refractivity contribution in [3.63, 3.8) is 0 Å². The van der Waals surface area contributed by atoms with E-state index in [2.05, 4.69) is 98.9 Å². The first-order chi connectivity index (χ1) is 31.1. The minimum absolute atomic E-state index is 0.0143. The molecule has 0 N–H and O–H groups in total. The number of phosphoric acid groups is 1. The zero-order valence-electron chi connectivity index (χ0n) is 42.0. The van der Waals surface area contributed by atoms with Crippen LogP contribution in [-0.4, -0.2) is 70.7 Å². The Hall–Kier alpha value is -2.32. The van der Waals surface area contributed by atoms with Crippen LogP contribution in [0.15, 0.2) is 85.1 Å². The van der Waals surface area contributed by atoms with E-state index in [0.717, 1.165) is 83.5 Å². The van der Waals surface area contributed by atoms with Crippen molar-refractivity contribution in [2.45, 2.75) is 206 Å². The first-order valence-electron chi connectivity index (χ1n) is 25.8. The summed E-state index contributed by atoms with van der Waals surface area (Å²) in [7, 11) is 1.32. The molecule has 2 unspecified atom stereocenters. The van der Waals surface area contributed by atoms with Crippen LogP contribution < -0.4 is 4.89 Å². The molecule has 0 radical (unpaired) electrons. The number of hydrogen-bond acceptors (Lipinski definition) is 7. The molecule has 64 heavy (non-hydrogen) atoms. The van der Waals surface area contributed by atoms with Gasteiger partial charge in [-0.1, -0.05) is 208 Å². The van der Waals surface area contributed by atoms with Gasteiger partial charge in [0.25, 0.3) is 7.82 Å². The van der Waals surface area contributed by atoms with Crippen LogP contribution in [0.25, 0.3) is 0 Å². The molecule has 0 amide bonds. The summed E-state index contributed by atoms with van der Waals surface area (Å²) in [4.78, 5) is 25.2. The number of likely N-dealkylation sites (N-methyl/N-ethyl adjacent to an activating group) is 1. The summed E-state index contributed by atoms with van der Waals surface area (Å²) in [5, 5.41) is 0. The van der Waals surface area contributed by atoms with Crippen molar-refractivity contribution in [2.24, 2.45) is 0 Å². The number of ether oxygens (including phenoxy) is 2. The Morgan fingerprint density at radius 1 is 0.500 bits per heavy atom. The number of carbonyl (C=O) groups is 1. The predicted octanol–water partition coefficient (Wildman–Crippen LogP) is 15.4. The summed E-state index contributed by atoms with van der Waals surface area (Å²) in [5.74, 6) is -0.350. The largest absolute Gasteiger partial charge is 0.756 e. The first kappa shape index (κ1) is 61.7. The number of phosphoric ester groups is 1. The Balaban J connectivity index is 4.25. The summed E-state index contributed by atoms with van der Waals surface area (Å²) in [6.45, 7) is 5.19. The molecule has 0 fully saturated rings. The van der Waals surface area contributed by atoms with Crippen LogP contribution in [0.3, 0.4) is 0 Å². The summed E-state index contributed by atoms with van der Waals surface area (Å²) in [6.07, 6.45) is 63.3. The lowest BCUT2D eigenvalue weighted by molar-refractivity contribution is -0.870. The molecule has 0 aromatic carbocycles. The van der Waals surface area contributed by atoms with Crippen LogP contribution in [0.4, 0.5) is 0 Å². The molecule has 2 atom stereocenters. The van der Waals surface area contributed by atoms with Crippen LogP contribution in [0.5, 0.6) is 0 Å². The maximum absolute atomic E-state index is 12.7. The van der Waals surface area contributed by atoms with Crippen LogP contribution in [0, 0.1) is 0 Å². The first-order valence-corrected chi connectivity index (χ1v) is 27.3. The van der Waals surface area contributed by atoms with Gasteiger partial charge in [-0.3, -0.25) is 9.36 Å². The third-order valence-electron chi connectivity index (χ3n) is 10.7. The Labute approximate surface area is 395 Å². The van der Waals surface area contributed by atoms with E-state index in [1.807, 2.05) is 21.1 Å². The van der Waals surface area contributed by atoms with Crippen LogP contribution in [0.1, 0.15) is 200 Å². The van der Waals surface area contributed by atoms with Crippen molar-refractivity contribution in [1.29, 1.82) is 0 Å². The van der Waals surface area contributed by atoms with Gasteiger partial charge in [0.1, 0.15) is 19.3 Å². The molecule has 370 valence electrons. The van der Waals surface area contributed by atoms with Gasteiger partial charge in [0.15, 0.2) is 0 Å². The molecule has 0 rings (SSSR count). The molecular formula is C55H98NO7P. The van der Waals surface area contributed by atoms with Crippen LogP contribution >= 0.6 is 7.82 Å². The highest BCUT2D eigenvalue weighted by Crippen LogP contribution is 2.38. The Bertz CT molecular complexity index is 1300. The van der Waals surface area contributed by atoms with Gasteiger partial charge in [0.2, 0.25) is 0 Å². The van der Waals surface area contributed by atoms with E-state index in [9.17, 15) is 14.3 Å². The Morgan fingerprint density at radius 3 is 1.33 bits per heavy atom. The normalized spacial score (nSPS) is 14.3. The van der Waals surface area contributed by atoms with E-state index in [1.54, 1.807) is 0 Å². The van der Waals surface area contributed by atoms with Gasteiger partial charge in [-0.15, -0.1) is 0 Å². The molecule has 0 aliphatic carbocycles. The third-order valence-corrected chi connectivity index (χ3v) is 11.7. The predicted molar refractivity (Wildman–Crippen MR) is 272 cm³/mol. The van der Waals surface area contributed by atoms with Crippen molar-refractivity contribution in [2.75, 3.05) is 54.1 Å². The third kappa shape index (κ3) is 50.7. The van der Waals surface area contributed by atoms with E-state index in [4.69, 9.17) is 18.5 Å². The lowest BCUT2D eigenvalue weighted by Gasteiger charge is -2.28. The van der Waals surface area contributed by atoms with Gasteiger partial charge in [0, 0.05) is 13.0 Å². The molecular weight excluding hydrogens is 818 g/mol. The van der Waals surface area contributed by atoms with Gasteiger partial charge >= 0.3 is 5.97 Å². The number of esters is 1. The highest BCUT2D eigenvalue weighted by atomic mass is 31.2. The molecule has 0 aromatic rings. The number of unbranched alkanes of at least 4 members (excludes halogenated alkanes) is 19. The lowest BCUT2D eigenvalue weighted by Crippen LogP contribution is -2.37. The molecule has 0 saturated heterocycles. The molecule has 8 nitrogen and oxygen atoms in total. The topological polar surface area (TPSA) is 94.1 Å². The van der Waals surface area contributed by atoms with E-state index in [1.165, 1.54) is 96.3 Å². The van der Waals surface area contributed by atoms with Gasteiger partial charge in [0.05, 0.1) is 34.4 Å². The quantitative estimate of drug-likeness (QED) is 0.0197. The molecule has 0 spiro atoms. The molecule has 0 aliphatic heterocycles. The maximum Gasteiger partial charge on any atom is 0.306 e. The van der Waals surface area contributed by atoms with E-state index >= 15 is 0 Å². The zero-order chi connectivity index (χ0) is 46.9. The number of hydrogen-bond donors (Lipinski definition) is 0. The Morgan fingerprint density at radius 2 is 0.906 bits per heavy atom. The summed E-state index contributed by atoms with van der Waals surface area (Å²) in [6, 6.07) is 0. The smallest absolute Gasteiger partial charge is 0.306 e. The van der Waals surface area contributed by atoms with Gasteiger partial charge in [-0.2, -0.15) is 0 Å². The average Bonchev–Trinajstić information content (AvgIpc) is 3.25. The zero-order valence-corrected chi connectivity index (χ0v) is 42.8. The van der Waals surface area contributed by atoms with Crippen molar-refractivity contribution in [3.05, 3.63) is 85.1 Å². The number of nitrogens with zero attached hydrogens (tertiary/aromatic N) is 1. The average molecular weight is 916 g/mol. The molecule has 0 heterocycles. The monoisotopic (exact) mass is 916 g/mol. The SMILES string of the molecule is CC/C=C\C/C=C\C/C=C\C/C=C\C/C=C\C/C=C\C/C=C\CCCCOCC(COP(=O)([O-])OCC[N+](C)(C)C)OC(=O)CCCCCCCCCCCCCCCCCCCC. The second-order valence-corrected chi connectivity index (χ2v) is 19.6. The van der Waals surface area contributed by atoms with E-state index < -0.39 is 13.9 Å². The summed E-state index contributed by atoms with van der Waals surface area (Å²) in [5.41, 5.74) is 0. The van der Waals surface area contributed by atoms with Crippen molar-refractivity contribution in [3.8, 4) is 0 Å². The van der Waals surface area contributed by atoms with E-state index in [0.29, 0.717) is 24.1 Å². The van der Waals surface area contributed by atoms with Gasteiger partial charge in [-0.25, -0.2) is 0 Å². The minimum Gasteiger partial charge on any atom is -0.756 e. The lowest BCUT2D eigenvalue weighted by atomic mass is 10.0. The fourth-order valence-electron chi connectivity index (χ4n) is 6.76. The van der Waals surface area contributed by atoms with Crippen LogP contribution in [0.2, 0.25) is 0 Å². The minimum atomic E-state index is -4.55. The molecule has 0 saturated carbocycles. The van der Waals surface area contributed by atoms with Crippen molar-refractivity contribution >= 4 is 13.8 Å². The molecule has 0 aliphatic rings. The molecule has 0 aromatic heterocycles.